The molecule has 0 aromatic heterocycles. The van der Waals surface area contributed by atoms with Gasteiger partial charge in [0, 0.05) is 38.6 Å². The maximum atomic E-state index is 10.9. The van der Waals surface area contributed by atoms with Gasteiger partial charge in [-0.3, -0.25) is 4.99 Å². The monoisotopic (exact) mass is 443 g/mol. The van der Waals surface area contributed by atoms with Crippen LogP contribution in [0.4, 0.5) is 5.69 Å². The molecule has 0 saturated carbocycles. The SMILES string of the molecule is CC(=Nc1ccccc1)c1cc(C(C)(C)C)cc(C(C)(C)C)c1O.Cl.Cl.[Ti]. The molecule has 1 N–H and O–H groups in total. The molecule has 148 valence electrons. The van der Waals surface area contributed by atoms with Gasteiger partial charge in [-0.15, -0.1) is 24.8 Å². The fraction of sp³-hybridized carbons (Fsp3) is 0.409. The summed E-state index contributed by atoms with van der Waals surface area (Å²) in [5.74, 6) is 0.340. The fourth-order valence-electron chi connectivity index (χ4n) is 2.67. The third kappa shape index (κ3) is 7.27. The smallest absolute Gasteiger partial charge is 0.128 e. The molecule has 0 atom stereocenters. The topological polar surface area (TPSA) is 32.6 Å². The third-order valence-electron chi connectivity index (χ3n) is 4.23. The number of phenolic OH excluding ortho intramolecular Hbond substituents is 1. The second-order valence-electron chi connectivity index (χ2n) is 8.45. The van der Waals surface area contributed by atoms with Crippen LogP contribution in [-0.4, -0.2) is 10.8 Å². The summed E-state index contributed by atoms with van der Waals surface area (Å²) in [7, 11) is 0. The number of aromatic hydroxyl groups is 1. The number of aliphatic imine (C=N–C) groups is 1. The Morgan fingerprint density at radius 1 is 0.852 bits per heavy atom. The van der Waals surface area contributed by atoms with E-state index < -0.39 is 0 Å². The minimum atomic E-state index is -0.132. The van der Waals surface area contributed by atoms with Crippen LogP contribution in [-0.2, 0) is 32.5 Å². The second-order valence-corrected chi connectivity index (χ2v) is 8.45. The summed E-state index contributed by atoms with van der Waals surface area (Å²) in [4.78, 5) is 4.69. The van der Waals surface area contributed by atoms with Crippen LogP contribution in [0.15, 0.2) is 47.5 Å². The van der Waals surface area contributed by atoms with E-state index in [1.165, 1.54) is 5.56 Å². The first-order valence-electron chi connectivity index (χ1n) is 8.49. The molecule has 27 heavy (non-hydrogen) atoms. The number of nitrogens with zero attached hydrogens (tertiary/aromatic N) is 1. The zero-order chi connectivity index (χ0) is 18.1. The summed E-state index contributed by atoms with van der Waals surface area (Å²) < 4.78 is 0. The van der Waals surface area contributed by atoms with Crippen LogP contribution in [0.3, 0.4) is 0 Å². The van der Waals surface area contributed by atoms with Crippen molar-refractivity contribution in [2.75, 3.05) is 0 Å². The third-order valence-corrected chi connectivity index (χ3v) is 4.23. The van der Waals surface area contributed by atoms with E-state index in [1.54, 1.807) is 0 Å². The van der Waals surface area contributed by atoms with Crippen molar-refractivity contribution in [3.05, 3.63) is 59.2 Å². The van der Waals surface area contributed by atoms with Crippen molar-refractivity contribution in [3.63, 3.8) is 0 Å². The predicted octanol–water partition coefficient (Wildman–Crippen LogP) is 6.97. The van der Waals surface area contributed by atoms with Crippen molar-refractivity contribution in [2.45, 2.75) is 59.3 Å². The van der Waals surface area contributed by atoms with Gasteiger partial charge in [0.15, 0.2) is 0 Å². The van der Waals surface area contributed by atoms with Gasteiger partial charge in [0.1, 0.15) is 5.75 Å². The van der Waals surface area contributed by atoms with Crippen LogP contribution in [0.2, 0.25) is 0 Å². The molecule has 0 fully saturated rings. The molecule has 5 heteroatoms. The van der Waals surface area contributed by atoms with Crippen LogP contribution >= 0.6 is 24.8 Å². The molecule has 0 unspecified atom stereocenters. The van der Waals surface area contributed by atoms with Crippen molar-refractivity contribution in [1.29, 1.82) is 0 Å². The van der Waals surface area contributed by atoms with Crippen LogP contribution in [0.25, 0.3) is 0 Å². The molecule has 0 bridgehead atoms. The molecule has 2 nitrogen and oxygen atoms in total. The van der Waals surface area contributed by atoms with Gasteiger partial charge in [-0.05, 0) is 41.5 Å². The van der Waals surface area contributed by atoms with Crippen molar-refractivity contribution < 1.29 is 26.8 Å². The van der Waals surface area contributed by atoms with Crippen molar-refractivity contribution in [1.82, 2.24) is 0 Å². The number of halogens is 2. The average Bonchev–Trinajstić information content (AvgIpc) is 2.45. The Kier molecular flexibility index (Phi) is 11.2. The standard InChI is InChI=1S/C22H29NO.2ClH.Ti/c1-15(23-17-11-9-8-10-12-17)18-13-16(21(2,3)4)14-19(20(18)24)22(5,6)7;;;/h8-14,24H,1-7H3;2*1H;. The van der Waals surface area contributed by atoms with Gasteiger partial charge in [0.2, 0.25) is 0 Å². The van der Waals surface area contributed by atoms with Crippen molar-refractivity contribution in [2.24, 2.45) is 4.99 Å². The summed E-state index contributed by atoms with van der Waals surface area (Å²) in [5.41, 5.74) is 4.59. The molecule has 0 aliphatic carbocycles. The Bertz CT molecular complexity index is 760. The zero-order valence-electron chi connectivity index (χ0n) is 17.3. The molecule has 2 aromatic rings. The Morgan fingerprint density at radius 2 is 1.37 bits per heavy atom. The molecular weight excluding hydrogens is 413 g/mol. The average molecular weight is 444 g/mol. The van der Waals surface area contributed by atoms with E-state index in [0.29, 0.717) is 5.75 Å². The van der Waals surface area contributed by atoms with Crippen LogP contribution in [0.1, 0.15) is 65.2 Å². The van der Waals surface area contributed by atoms with E-state index in [1.807, 2.05) is 37.3 Å². The van der Waals surface area contributed by atoms with Gasteiger partial charge < -0.3 is 5.11 Å². The van der Waals surface area contributed by atoms with Crippen LogP contribution in [0.5, 0.6) is 5.75 Å². The van der Waals surface area contributed by atoms with Gasteiger partial charge >= 0.3 is 0 Å². The summed E-state index contributed by atoms with van der Waals surface area (Å²) in [6.07, 6.45) is 0. The van der Waals surface area contributed by atoms with Gasteiger partial charge in [-0.2, -0.15) is 0 Å². The van der Waals surface area contributed by atoms with E-state index in [9.17, 15) is 5.11 Å². The molecule has 0 spiro atoms. The van der Waals surface area contributed by atoms with Gasteiger partial charge in [0.05, 0.1) is 5.69 Å². The normalized spacial score (nSPS) is 11.7. The first-order valence-corrected chi connectivity index (χ1v) is 8.49. The molecule has 0 heterocycles. The molecular formula is C22H31Cl2NOTi. The molecule has 0 aliphatic heterocycles. The van der Waals surface area contributed by atoms with Gasteiger partial charge in [-0.1, -0.05) is 65.8 Å². The largest absolute Gasteiger partial charge is 0.507 e. The first kappa shape index (κ1) is 28.4. The number of phenols is 1. The van der Waals surface area contributed by atoms with E-state index >= 15 is 0 Å². The molecule has 0 radical (unpaired) electrons. The Balaban J connectivity index is 0. The summed E-state index contributed by atoms with van der Waals surface area (Å²) in [6, 6.07) is 14.1. The summed E-state index contributed by atoms with van der Waals surface area (Å²) >= 11 is 0. The van der Waals surface area contributed by atoms with Crippen LogP contribution in [0, 0.1) is 0 Å². The van der Waals surface area contributed by atoms with E-state index in [-0.39, 0.29) is 57.4 Å². The maximum Gasteiger partial charge on any atom is 0.128 e. The quantitative estimate of drug-likeness (QED) is 0.394. The molecule has 0 aliphatic rings. The molecule has 0 saturated heterocycles. The minimum absolute atomic E-state index is 0. The molecule has 2 rings (SSSR count). The number of para-hydroxylation sites is 1. The Morgan fingerprint density at radius 3 is 1.81 bits per heavy atom. The second kappa shape index (κ2) is 10.7. The van der Waals surface area contributed by atoms with Crippen molar-refractivity contribution in [3.8, 4) is 5.75 Å². The van der Waals surface area contributed by atoms with Gasteiger partial charge in [-0.25, -0.2) is 0 Å². The zero-order valence-corrected chi connectivity index (χ0v) is 20.4. The van der Waals surface area contributed by atoms with Crippen molar-refractivity contribution >= 4 is 36.2 Å². The first-order chi connectivity index (χ1) is 11.0. The molecule has 2 aromatic carbocycles. The Labute approximate surface area is 191 Å². The minimum Gasteiger partial charge on any atom is -0.507 e. The number of hydrogen-bond acceptors (Lipinski definition) is 2. The maximum absolute atomic E-state index is 10.9. The van der Waals surface area contributed by atoms with E-state index in [0.717, 1.165) is 22.5 Å². The fourth-order valence-corrected chi connectivity index (χ4v) is 2.67. The number of hydrogen-bond donors (Lipinski definition) is 1. The summed E-state index contributed by atoms with van der Waals surface area (Å²) in [6.45, 7) is 14.9. The van der Waals surface area contributed by atoms with Crippen LogP contribution < -0.4 is 0 Å². The predicted molar refractivity (Wildman–Crippen MR) is 118 cm³/mol. The molecule has 0 amide bonds. The van der Waals surface area contributed by atoms with Gasteiger partial charge in [0.25, 0.3) is 0 Å². The number of benzene rings is 2. The van der Waals surface area contributed by atoms with E-state index in [2.05, 4.69) is 53.7 Å². The number of rotatable bonds is 2. The summed E-state index contributed by atoms with van der Waals surface area (Å²) in [5, 5.41) is 10.9. The van der Waals surface area contributed by atoms with E-state index in [4.69, 9.17) is 4.99 Å². The Hall–Kier alpha value is -0.796.